The van der Waals surface area contributed by atoms with E-state index in [-0.39, 0.29) is 0 Å². The van der Waals surface area contributed by atoms with Gasteiger partial charge in [-0.25, -0.2) is 9.97 Å². The van der Waals surface area contributed by atoms with Crippen molar-refractivity contribution in [2.75, 3.05) is 11.4 Å². The van der Waals surface area contributed by atoms with Gasteiger partial charge < -0.3 is 4.90 Å². The van der Waals surface area contributed by atoms with Gasteiger partial charge >= 0.3 is 0 Å². The lowest BCUT2D eigenvalue weighted by atomic mass is 9.98. The Morgan fingerprint density at radius 2 is 2.24 bits per heavy atom. The Kier molecular flexibility index (Phi) is 4.21. The zero-order valence-electron chi connectivity index (χ0n) is 10.6. The number of anilines is 1. The van der Waals surface area contributed by atoms with Crippen molar-refractivity contribution in [2.24, 2.45) is 0 Å². The molecule has 0 spiro atoms. The highest BCUT2D eigenvalue weighted by Gasteiger charge is 2.24. The lowest BCUT2D eigenvalue weighted by molar-refractivity contribution is 0.431. The van der Waals surface area contributed by atoms with Gasteiger partial charge in [0.1, 0.15) is 17.3 Å². The highest BCUT2D eigenvalue weighted by Crippen LogP contribution is 2.29. The van der Waals surface area contributed by atoms with E-state index in [0.717, 1.165) is 17.9 Å². The van der Waals surface area contributed by atoms with Gasteiger partial charge in [0, 0.05) is 18.2 Å². The summed E-state index contributed by atoms with van der Waals surface area (Å²) in [6.07, 6.45) is 7.89. The smallest absolute Gasteiger partial charge is 0.137 e. The number of hydrogen-bond donors (Lipinski definition) is 0. The van der Waals surface area contributed by atoms with Gasteiger partial charge in [0.15, 0.2) is 0 Å². The average Bonchev–Trinajstić information content (AvgIpc) is 2.34. The fourth-order valence-corrected chi connectivity index (χ4v) is 2.75. The summed E-state index contributed by atoms with van der Waals surface area (Å²) in [6, 6.07) is 0.624. The second kappa shape index (κ2) is 5.67. The normalized spacial score (nSPS) is 20.6. The highest BCUT2D eigenvalue weighted by molar-refractivity contribution is 6.30. The minimum atomic E-state index is 0.579. The third-order valence-corrected chi connectivity index (χ3v) is 3.90. The fraction of sp³-hybridized carbons (Fsp3) is 0.692. The van der Waals surface area contributed by atoms with E-state index < -0.39 is 0 Å². The van der Waals surface area contributed by atoms with Crippen LogP contribution in [0.2, 0.25) is 5.15 Å². The Labute approximate surface area is 108 Å². The summed E-state index contributed by atoms with van der Waals surface area (Å²) in [5, 5.41) is 0.579. The first kappa shape index (κ1) is 12.6. The predicted molar refractivity (Wildman–Crippen MR) is 71.7 cm³/mol. The third-order valence-electron chi connectivity index (χ3n) is 3.52. The van der Waals surface area contributed by atoms with Crippen molar-refractivity contribution in [2.45, 2.75) is 52.0 Å². The molecule has 1 unspecified atom stereocenters. The quantitative estimate of drug-likeness (QED) is 0.771. The molecule has 1 saturated heterocycles. The molecule has 0 radical (unpaired) electrons. The van der Waals surface area contributed by atoms with Gasteiger partial charge in [-0.3, -0.25) is 0 Å². The van der Waals surface area contributed by atoms with Crippen LogP contribution in [0.1, 0.15) is 44.6 Å². The summed E-state index contributed by atoms with van der Waals surface area (Å²) in [5.41, 5.74) is 1.01. The Balaban J connectivity index is 2.26. The molecule has 1 fully saturated rings. The van der Waals surface area contributed by atoms with Crippen LogP contribution < -0.4 is 4.90 Å². The highest BCUT2D eigenvalue weighted by atomic mass is 35.5. The summed E-state index contributed by atoms with van der Waals surface area (Å²) in [7, 11) is 0. The van der Waals surface area contributed by atoms with Crippen LogP contribution in [0, 0.1) is 6.92 Å². The number of aromatic nitrogens is 2. The van der Waals surface area contributed by atoms with Crippen LogP contribution in [-0.4, -0.2) is 22.6 Å². The molecule has 94 valence electrons. The van der Waals surface area contributed by atoms with Crippen molar-refractivity contribution < 1.29 is 0 Å². The molecule has 3 nitrogen and oxygen atoms in total. The van der Waals surface area contributed by atoms with Gasteiger partial charge in [-0.05, 0) is 32.6 Å². The monoisotopic (exact) mass is 253 g/mol. The maximum atomic E-state index is 6.08. The van der Waals surface area contributed by atoms with Crippen molar-refractivity contribution in [3.05, 3.63) is 17.0 Å². The van der Waals surface area contributed by atoms with Crippen molar-refractivity contribution in [3.63, 3.8) is 0 Å². The van der Waals surface area contributed by atoms with Crippen molar-refractivity contribution in [1.29, 1.82) is 0 Å². The largest absolute Gasteiger partial charge is 0.353 e. The molecule has 1 aliphatic heterocycles. The van der Waals surface area contributed by atoms with E-state index in [0.29, 0.717) is 11.2 Å². The number of nitrogens with zero attached hydrogens (tertiary/aromatic N) is 3. The molecule has 2 heterocycles. The molecule has 0 amide bonds. The van der Waals surface area contributed by atoms with Crippen LogP contribution >= 0.6 is 11.6 Å². The van der Waals surface area contributed by atoms with E-state index in [9.17, 15) is 0 Å². The molecule has 1 aliphatic rings. The van der Waals surface area contributed by atoms with Gasteiger partial charge in [-0.15, -0.1) is 0 Å². The van der Waals surface area contributed by atoms with Gasteiger partial charge in [0.05, 0.1) is 0 Å². The molecule has 1 aromatic rings. The molecule has 0 N–H and O–H groups in total. The minimum Gasteiger partial charge on any atom is -0.353 e. The second-order valence-electron chi connectivity index (χ2n) is 4.74. The molecule has 4 heteroatoms. The van der Waals surface area contributed by atoms with Gasteiger partial charge in [-0.2, -0.15) is 0 Å². The van der Waals surface area contributed by atoms with Gasteiger partial charge in [0.25, 0.3) is 0 Å². The van der Waals surface area contributed by atoms with E-state index in [2.05, 4.69) is 21.8 Å². The first-order valence-corrected chi connectivity index (χ1v) is 6.85. The summed E-state index contributed by atoms with van der Waals surface area (Å²) in [6.45, 7) is 5.35. The van der Waals surface area contributed by atoms with Crippen molar-refractivity contribution in [3.8, 4) is 0 Å². The summed E-state index contributed by atoms with van der Waals surface area (Å²) in [5.74, 6) is 1.03. The average molecular weight is 254 g/mol. The molecule has 1 atom stereocenters. The van der Waals surface area contributed by atoms with E-state index >= 15 is 0 Å². The fourth-order valence-electron chi connectivity index (χ4n) is 2.62. The Morgan fingerprint density at radius 3 is 3.00 bits per heavy atom. The molecular formula is C13H20ClN3. The van der Waals surface area contributed by atoms with E-state index in [1.807, 2.05) is 6.92 Å². The molecule has 1 aromatic heterocycles. The standard InChI is InChI=1S/C13H20ClN3/c1-3-6-11-7-4-5-8-17(11)13-10(2)12(14)15-9-16-13/h9,11H,3-8H2,1-2H3. The molecule has 17 heavy (non-hydrogen) atoms. The Hall–Kier alpha value is -0.830. The van der Waals surface area contributed by atoms with Crippen LogP contribution in [0.5, 0.6) is 0 Å². The van der Waals surface area contributed by atoms with Gasteiger partial charge in [0.2, 0.25) is 0 Å². The molecule has 0 aromatic carbocycles. The van der Waals surface area contributed by atoms with Crippen LogP contribution in [0.25, 0.3) is 0 Å². The van der Waals surface area contributed by atoms with E-state index in [1.54, 1.807) is 6.33 Å². The SMILES string of the molecule is CCCC1CCCCN1c1ncnc(Cl)c1C. The number of piperidine rings is 1. The number of hydrogen-bond acceptors (Lipinski definition) is 3. The maximum absolute atomic E-state index is 6.08. The molecule has 0 aliphatic carbocycles. The van der Waals surface area contributed by atoms with Crippen molar-refractivity contribution in [1.82, 2.24) is 9.97 Å². The number of halogens is 1. The third kappa shape index (κ3) is 2.71. The Bertz CT molecular complexity index is 379. The zero-order chi connectivity index (χ0) is 12.3. The van der Waals surface area contributed by atoms with E-state index in [1.165, 1.54) is 32.1 Å². The molecule has 0 saturated carbocycles. The van der Waals surface area contributed by atoms with Crippen LogP contribution in [0.15, 0.2) is 6.33 Å². The van der Waals surface area contributed by atoms with Crippen LogP contribution in [0.3, 0.4) is 0 Å². The first-order valence-electron chi connectivity index (χ1n) is 6.47. The summed E-state index contributed by atoms with van der Waals surface area (Å²) in [4.78, 5) is 10.9. The first-order chi connectivity index (χ1) is 8.24. The predicted octanol–water partition coefficient (Wildman–Crippen LogP) is 3.60. The molecular weight excluding hydrogens is 234 g/mol. The Morgan fingerprint density at radius 1 is 1.41 bits per heavy atom. The van der Waals surface area contributed by atoms with Crippen LogP contribution in [0.4, 0.5) is 5.82 Å². The summed E-state index contributed by atoms with van der Waals surface area (Å²) < 4.78 is 0. The minimum absolute atomic E-state index is 0.579. The van der Waals surface area contributed by atoms with E-state index in [4.69, 9.17) is 11.6 Å². The van der Waals surface area contributed by atoms with Gasteiger partial charge in [-0.1, -0.05) is 24.9 Å². The zero-order valence-corrected chi connectivity index (χ0v) is 11.4. The second-order valence-corrected chi connectivity index (χ2v) is 5.10. The lowest BCUT2D eigenvalue weighted by Crippen LogP contribution is -2.40. The maximum Gasteiger partial charge on any atom is 0.137 e. The molecule has 0 bridgehead atoms. The number of rotatable bonds is 3. The van der Waals surface area contributed by atoms with Crippen LogP contribution in [-0.2, 0) is 0 Å². The summed E-state index contributed by atoms with van der Waals surface area (Å²) >= 11 is 6.08. The topological polar surface area (TPSA) is 29.0 Å². The lowest BCUT2D eigenvalue weighted by Gasteiger charge is -2.37. The van der Waals surface area contributed by atoms with Crippen molar-refractivity contribution >= 4 is 17.4 Å². The molecule has 2 rings (SSSR count).